The van der Waals surface area contributed by atoms with Crippen LogP contribution in [0.5, 0.6) is 0 Å². The number of aromatic nitrogens is 1. The fraction of sp³-hybridized carbons (Fsp3) is 0.471. The summed E-state index contributed by atoms with van der Waals surface area (Å²) >= 11 is 0. The molecule has 0 atom stereocenters. The lowest BCUT2D eigenvalue weighted by Crippen LogP contribution is -2.15. The van der Waals surface area contributed by atoms with E-state index in [0.29, 0.717) is 0 Å². The number of nitrogens with one attached hydrogen (secondary N) is 1. The van der Waals surface area contributed by atoms with Gasteiger partial charge in [0.25, 0.3) is 0 Å². The van der Waals surface area contributed by atoms with E-state index in [0.717, 1.165) is 25.2 Å². The van der Waals surface area contributed by atoms with E-state index in [2.05, 4.69) is 50.4 Å². The van der Waals surface area contributed by atoms with Gasteiger partial charge in [-0.3, -0.25) is 4.98 Å². The highest BCUT2D eigenvalue weighted by Crippen LogP contribution is 2.22. The smallest absolute Gasteiger partial charge is 0.0740 e. The molecule has 1 aromatic heterocycles. The van der Waals surface area contributed by atoms with Gasteiger partial charge in [-0.1, -0.05) is 38.5 Å². The molecule has 2 aromatic rings. The Morgan fingerprint density at radius 2 is 2.00 bits per heavy atom. The Morgan fingerprint density at radius 1 is 1.16 bits per heavy atom. The van der Waals surface area contributed by atoms with Crippen molar-refractivity contribution in [3.8, 4) is 0 Å². The molecule has 0 saturated carbocycles. The number of benzene rings is 1. The predicted molar refractivity (Wildman–Crippen MR) is 82.5 cm³/mol. The van der Waals surface area contributed by atoms with Crippen LogP contribution in [0.4, 0.5) is 0 Å². The van der Waals surface area contributed by atoms with Crippen LogP contribution in [0.25, 0.3) is 10.9 Å². The first kappa shape index (κ1) is 14.0. The lowest BCUT2D eigenvalue weighted by Gasteiger charge is -2.11. The number of fused-ring (bicyclic) bond motifs is 1. The molecule has 0 unspecified atom stereocenters. The van der Waals surface area contributed by atoms with Gasteiger partial charge in [0.05, 0.1) is 5.52 Å². The second-order valence-electron chi connectivity index (χ2n) is 5.12. The Balaban J connectivity index is 2.32. The molecule has 0 fully saturated rings. The van der Waals surface area contributed by atoms with Crippen molar-refractivity contribution < 1.29 is 0 Å². The Labute approximate surface area is 116 Å². The van der Waals surface area contributed by atoms with E-state index < -0.39 is 0 Å². The third kappa shape index (κ3) is 3.32. The SMILES string of the molecule is CCCCNCc1cc(C)nc2c(CC)cccc12. The quantitative estimate of drug-likeness (QED) is 0.790. The minimum Gasteiger partial charge on any atom is -0.313 e. The molecule has 0 radical (unpaired) electrons. The van der Waals surface area contributed by atoms with Gasteiger partial charge in [-0.05, 0) is 43.5 Å². The van der Waals surface area contributed by atoms with Gasteiger partial charge in [0.15, 0.2) is 0 Å². The minimum absolute atomic E-state index is 0.938. The maximum Gasteiger partial charge on any atom is 0.0740 e. The van der Waals surface area contributed by atoms with Gasteiger partial charge in [-0.25, -0.2) is 0 Å². The number of pyridine rings is 1. The number of hydrogen-bond acceptors (Lipinski definition) is 2. The third-order valence-corrected chi connectivity index (χ3v) is 3.54. The number of unbranched alkanes of at least 4 members (excludes halogenated alkanes) is 1. The molecular weight excluding hydrogens is 232 g/mol. The van der Waals surface area contributed by atoms with E-state index in [1.807, 2.05) is 0 Å². The average molecular weight is 256 g/mol. The zero-order chi connectivity index (χ0) is 13.7. The van der Waals surface area contributed by atoms with Gasteiger partial charge in [0.1, 0.15) is 0 Å². The van der Waals surface area contributed by atoms with E-state index in [-0.39, 0.29) is 0 Å². The van der Waals surface area contributed by atoms with Gasteiger partial charge in [-0.2, -0.15) is 0 Å². The van der Waals surface area contributed by atoms with Crippen LogP contribution >= 0.6 is 0 Å². The molecule has 0 saturated heterocycles. The van der Waals surface area contributed by atoms with Crippen LogP contribution in [0, 0.1) is 6.92 Å². The van der Waals surface area contributed by atoms with Crippen molar-refractivity contribution in [3.05, 3.63) is 41.1 Å². The topological polar surface area (TPSA) is 24.9 Å². The first-order valence-corrected chi connectivity index (χ1v) is 7.35. The average Bonchev–Trinajstić information content (AvgIpc) is 2.42. The molecule has 0 aliphatic carbocycles. The summed E-state index contributed by atoms with van der Waals surface area (Å²) in [6.45, 7) is 8.53. The largest absolute Gasteiger partial charge is 0.313 e. The molecule has 1 aromatic carbocycles. The zero-order valence-electron chi connectivity index (χ0n) is 12.3. The van der Waals surface area contributed by atoms with Crippen molar-refractivity contribution in [3.63, 3.8) is 0 Å². The molecule has 19 heavy (non-hydrogen) atoms. The maximum absolute atomic E-state index is 4.72. The van der Waals surface area contributed by atoms with E-state index in [4.69, 9.17) is 4.98 Å². The highest BCUT2D eigenvalue weighted by atomic mass is 14.8. The summed E-state index contributed by atoms with van der Waals surface area (Å²) in [4.78, 5) is 4.72. The molecule has 0 aliphatic rings. The van der Waals surface area contributed by atoms with Gasteiger partial charge in [-0.15, -0.1) is 0 Å². The highest BCUT2D eigenvalue weighted by Gasteiger charge is 2.06. The Kier molecular flexibility index (Phi) is 4.92. The maximum atomic E-state index is 4.72. The summed E-state index contributed by atoms with van der Waals surface area (Å²) < 4.78 is 0. The summed E-state index contributed by atoms with van der Waals surface area (Å²) in [6.07, 6.45) is 3.52. The normalized spacial score (nSPS) is 11.1. The van der Waals surface area contributed by atoms with E-state index in [1.54, 1.807) is 0 Å². The number of nitrogens with zero attached hydrogens (tertiary/aromatic N) is 1. The van der Waals surface area contributed by atoms with Crippen molar-refractivity contribution in [2.24, 2.45) is 0 Å². The summed E-state index contributed by atoms with van der Waals surface area (Å²) in [5, 5.41) is 4.83. The first-order valence-electron chi connectivity index (χ1n) is 7.35. The van der Waals surface area contributed by atoms with Crippen LogP contribution in [0.2, 0.25) is 0 Å². The third-order valence-electron chi connectivity index (χ3n) is 3.54. The molecule has 1 N–H and O–H groups in total. The molecule has 0 bridgehead atoms. The van der Waals surface area contributed by atoms with Crippen LogP contribution in [0.3, 0.4) is 0 Å². The summed E-state index contributed by atoms with van der Waals surface area (Å²) in [5.74, 6) is 0. The molecule has 102 valence electrons. The summed E-state index contributed by atoms with van der Waals surface area (Å²) in [6, 6.07) is 8.73. The van der Waals surface area contributed by atoms with E-state index in [1.165, 1.54) is 34.9 Å². The fourth-order valence-electron chi connectivity index (χ4n) is 2.48. The fourth-order valence-corrected chi connectivity index (χ4v) is 2.48. The van der Waals surface area contributed by atoms with Crippen molar-refractivity contribution in [2.75, 3.05) is 6.54 Å². The molecule has 0 spiro atoms. The number of rotatable bonds is 6. The van der Waals surface area contributed by atoms with Crippen molar-refractivity contribution in [1.29, 1.82) is 0 Å². The van der Waals surface area contributed by atoms with Gasteiger partial charge >= 0.3 is 0 Å². The van der Waals surface area contributed by atoms with E-state index in [9.17, 15) is 0 Å². The van der Waals surface area contributed by atoms with Gasteiger partial charge in [0.2, 0.25) is 0 Å². The van der Waals surface area contributed by atoms with Crippen molar-refractivity contribution >= 4 is 10.9 Å². The second kappa shape index (κ2) is 6.67. The Hall–Kier alpha value is -1.41. The lowest BCUT2D eigenvalue weighted by molar-refractivity contribution is 0.643. The van der Waals surface area contributed by atoms with Crippen molar-refractivity contribution in [2.45, 2.75) is 46.6 Å². The van der Waals surface area contributed by atoms with Crippen LogP contribution in [0.15, 0.2) is 24.3 Å². The standard InChI is InChI=1S/C17H24N2/c1-4-6-10-18-12-15-11-13(3)19-17-14(5-2)8-7-9-16(15)17/h7-9,11,18H,4-6,10,12H2,1-3H3. The minimum atomic E-state index is 0.938. The molecule has 1 heterocycles. The molecule has 2 heteroatoms. The van der Waals surface area contributed by atoms with E-state index >= 15 is 0 Å². The van der Waals surface area contributed by atoms with Crippen LogP contribution < -0.4 is 5.32 Å². The van der Waals surface area contributed by atoms with Gasteiger partial charge in [0, 0.05) is 17.6 Å². The highest BCUT2D eigenvalue weighted by molar-refractivity contribution is 5.85. The molecule has 0 amide bonds. The lowest BCUT2D eigenvalue weighted by atomic mass is 10.0. The molecule has 2 rings (SSSR count). The molecule has 0 aliphatic heterocycles. The first-order chi connectivity index (χ1) is 9.26. The van der Waals surface area contributed by atoms with Crippen LogP contribution in [-0.2, 0) is 13.0 Å². The number of para-hydroxylation sites is 1. The van der Waals surface area contributed by atoms with Crippen molar-refractivity contribution in [1.82, 2.24) is 10.3 Å². The second-order valence-corrected chi connectivity index (χ2v) is 5.12. The van der Waals surface area contributed by atoms with Gasteiger partial charge < -0.3 is 5.32 Å². The monoisotopic (exact) mass is 256 g/mol. The Morgan fingerprint density at radius 3 is 2.74 bits per heavy atom. The number of aryl methyl sites for hydroxylation is 2. The van der Waals surface area contributed by atoms with Crippen LogP contribution in [-0.4, -0.2) is 11.5 Å². The summed E-state index contributed by atoms with van der Waals surface area (Å²) in [5.41, 5.74) is 5.00. The zero-order valence-corrected chi connectivity index (χ0v) is 12.3. The number of hydrogen-bond donors (Lipinski definition) is 1. The predicted octanol–water partition coefficient (Wildman–Crippen LogP) is 4.00. The Bertz CT molecular complexity index is 546. The summed E-state index contributed by atoms with van der Waals surface area (Å²) in [7, 11) is 0. The van der Waals surface area contributed by atoms with Crippen LogP contribution in [0.1, 0.15) is 43.5 Å². The molecular formula is C17H24N2. The molecule has 2 nitrogen and oxygen atoms in total.